The van der Waals surface area contributed by atoms with Crippen molar-refractivity contribution in [3.63, 3.8) is 0 Å². The molecule has 1 aromatic carbocycles. The molecule has 0 radical (unpaired) electrons. The number of aliphatic carboxylic acids is 1. The molecule has 2 saturated carbocycles. The first-order chi connectivity index (χ1) is 13.4. The van der Waals surface area contributed by atoms with Crippen LogP contribution in [0.2, 0.25) is 5.02 Å². The van der Waals surface area contributed by atoms with E-state index in [1.807, 2.05) is 31.3 Å². The lowest BCUT2D eigenvalue weighted by atomic mass is 9.57. The van der Waals surface area contributed by atoms with E-state index in [0.29, 0.717) is 36.1 Å². The molecule has 3 atom stereocenters. The van der Waals surface area contributed by atoms with Crippen LogP contribution in [-0.2, 0) is 9.59 Å². The highest BCUT2D eigenvalue weighted by Gasteiger charge is 2.61. The summed E-state index contributed by atoms with van der Waals surface area (Å²) < 4.78 is 0. The zero-order chi connectivity index (χ0) is 19.6. The van der Waals surface area contributed by atoms with Crippen LogP contribution in [0.5, 0.6) is 0 Å². The summed E-state index contributed by atoms with van der Waals surface area (Å²) in [7, 11) is 0. The fourth-order valence-electron chi connectivity index (χ4n) is 6.40. The maximum Gasteiger partial charge on any atom is 0.329 e. The Morgan fingerprint density at radius 3 is 2.68 bits per heavy atom. The van der Waals surface area contributed by atoms with Crippen molar-refractivity contribution in [3.8, 4) is 0 Å². The van der Waals surface area contributed by atoms with Gasteiger partial charge in [0, 0.05) is 29.6 Å². The number of hydrogen-bond donors (Lipinski definition) is 2. The molecule has 3 heterocycles. The maximum absolute atomic E-state index is 13.4. The number of aromatic nitrogens is 1. The number of carbonyl (C=O) groups excluding carboxylic acids is 1. The maximum atomic E-state index is 13.4. The number of nitrogens with zero attached hydrogens (tertiary/aromatic N) is 1. The predicted molar refractivity (Wildman–Crippen MR) is 107 cm³/mol. The van der Waals surface area contributed by atoms with Gasteiger partial charge in [-0.3, -0.25) is 4.79 Å². The van der Waals surface area contributed by atoms with E-state index in [4.69, 9.17) is 11.6 Å². The number of piperidine rings is 2. The van der Waals surface area contributed by atoms with Crippen LogP contribution < -0.4 is 0 Å². The second kappa shape index (κ2) is 6.24. The Kier molecular flexibility index (Phi) is 4.02. The fourth-order valence-corrected chi connectivity index (χ4v) is 6.69. The largest absolute Gasteiger partial charge is 0.479 e. The van der Waals surface area contributed by atoms with Gasteiger partial charge in [0.15, 0.2) is 0 Å². The standard InChI is InChI=1S/C22H25ClN2O3/c1-12(16-11-24-18-4-2-3-17(23)20(16)18)5-19(26)25-15-7-13-6-14(8-15)10-22(25,9-13)21(27)28/h2-4,11-15,24H,5-10H2,1H3,(H,27,28). The van der Waals surface area contributed by atoms with Gasteiger partial charge in [-0.1, -0.05) is 24.6 Å². The molecule has 4 aliphatic rings. The molecular formula is C22H25ClN2O3. The molecule has 2 N–H and O–H groups in total. The van der Waals surface area contributed by atoms with Crippen molar-refractivity contribution in [1.29, 1.82) is 0 Å². The van der Waals surface area contributed by atoms with Crippen LogP contribution >= 0.6 is 11.6 Å². The van der Waals surface area contributed by atoms with E-state index in [1.54, 1.807) is 4.90 Å². The predicted octanol–water partition coefficient (Wildman–Crippen LogP) is 4.56. The van der Waals surface area contributed by atoms with Gasteiger partial charge in [-0.2, -0.15) is 0 Å². The number of aromatic amines is 1. The summed E-state index contributed by atoms with van der Waals surface area (Å²) in [5, 5.41) is 11.7. The van der Waals surface area contributed by atoms with Gasteiger partial charge in [0.05, 0.1) is 5.02 Å². The first-order valence-corrected chi connectivity index (χ1v) is 10.6. The van der Waals surface area contributed by atoms with Gasteiger partial charge < -0.3 is 15.0 Å². The topological polar surface area (TPSA) is 73.4 Å². The lowest BCUT2D eigenvalue weighted by Crippen LogP contribution is -2.70. The number of hydrogen-bond acceptors (Lipinski definition) is 2. The molecule has 6 heteroatoms. The first-order valence-electron chi connectivity index (χ1n) is 10.2. The van der Waals surface area contributed by atoms with Crippen LogP contribution in [0, 0.1) is 11.8 Å². The van der Waals surface area contributed by atoms with E-state index in [2.05, 4.69) is 4.98 Å². The van der Waals surface area contributed by atoms with E-state index < -0.39 is 11.5 Å². The van der Waals surface area contributed by atoms with E-state index in [0.717, 1.165) is 35.7 Å². The number of H-pyrrole nitrogens is 1. The minimum absolute atomic E-state index is 0.0277. The normalized spacial score (nSPS) is 32.1. The van der Waals surface area contributed by atoms with Crippen molar-refractivity contribution >= 4 is 34.4 Å². The Morgan fingerprint density at radius 1 is 1.29 bits per heavy atom. The Morgan fingerprint density at radius 2 is 2.00 bits per heavy atom. The molecule has 2 aliphatic carbocycles. The van der Waals surface area contributed by atoms with E-state index in [-0.39, 0.29) is 17.9 Å². The van der Waals surface area contributed by atoms with Crippen LogP contribution in [0.3, 0.4) is 0 Å². The van der Waals surface area contributed by atoms with Gasteiger partial charge in [0.1, 0.15) is 5.54 Å². The summed E-state index contributed by atoms with van der Waals surface area (Å²) in [6.45, 7) is 2.02. The molecule has 28 heavy (non-hydrogen) atoms. The minimum Gasteiger partial charge on any atom is -0.479 e. The summed E-state index contributed by atoms with van der Waals surface area (Å²) in [4.78, 5) is 30.7. The summed E-state index contributed by atoms with van der Waals surface area (Å²) in [6, 6.07) is 5.82. The van der Waals surface area contributed by atoms with E-state index in [9.17, 15) is 14.7 Å². The van der Waals surface area contributed by atoms with Crippen molar-refractivity contribution in [1.82, 2.24) is 9.88 Å². The molecule has 148 valence electrons. The van der Waals surface area contributed by atoms with Crippen molar-refractivity contribution < 1.29 is 14.7 Å². The van der Waals surface area contributed by atoms with Crippen LogP contribution in [0.4, 0.5) is 0 Å². The van der Waals surface area contributed by atoms with Gasteiger partial charge in [0.2, 0.25) is 5.91 Å². The second-order valence-electron chi connectivity index (χ2n) is 9.11. The Hall–Kier alpha value is -2.01. The van der Waals surface area contributed by atoms with Crippen molar-refractivity contribution in [2.24, 2.45) is 11.8 Å². The van der Waals surface area contributed by atoms with Crippen LogP contribution in [0.15, 0.2) is 24.4 Å². The lowest BCUT2D eigenvalue weighted by Gasteiger charge is -2.61. The van der Waals surface area contributed by atoms with Gasteiger partial charge in [-0.05, 0) is 67.6 Å². The second-order valence-corrected chi connectivity index (χ2v) is 9.52. The third-order valence-corrected chi connectivity index (χ3v) is 7.64. The third-order valence-electron chi connectivity index (χ3n) is 7.32. The molecule has 2 saturated heterocycles. The number of benzene rings is 1. The average Bonchev–Trinajstić information content (AvgIpc) is 3.06. The molecule has 1 amide bonds. The van der Waals surface area contributed by atoms with Crippen LogP contribution in [0.1, 0.15) is 56.9 Å². The highest BCUT2D eigenvalue weighted by atomic mass is 35.5. The number of amides is 1. The molecule has 5 nitrogen and oxygen atoms in total. The van der Waals surface area contributed by atoms with Crippen molar-refractivity contribution in [2.45, 2.75) is 62.9 Å². The Balaban J connectivity index is 1.44. The molecule has 4 bridgehead atoms. The summed E-state index contributed by atoms with van der Waals surface area (Å²) in [5.74, 6) is 0.0389. The number of carboxylic acid groups (broad SMARTS) is 1. The Bertz CT molecular complexity index is 954. The summed E-state index contributed by atoms with van der Waals surface area (Å²) in [6.07, 6.45) is 6.53. The molecule has 0 spiro atoms. The number of rotatable bonds is 4. The number of fused-ring (bicyclic) bond motifs is 1. The first kappa shape index (κ1) is 18.0. The van der Waals surface area contributed by atoms with Crippen LogP contribution in [-0.4, -0.2) is 38.4 Å². The monoisotopic (exact) mass is 400 g/mol. The van der Waals surface area contributed by atoms with E-state index >= 15 is 0 Å². The number of carbonyl (C=O) groups is 2. The molecule has 3 unspecified atom stereocenters. The smallest absolute Gasteiger partial charge is 0.329 e. The van der Waals surface area contributed by atoms with Gasteiger partial charge in [-0.25, -0.2) is 4.79 Å². The average molecular weight is 401 g/mol. The number of carboxylic acids is 1. The molecule has 1 aromatic heterocycles. The van der Waals surface area contributed by atoms with Crippen LogP contribution in [0.25, 0.3) is 10.9 Å². The molecule has 2 aliphatic heterocycles. The highest BCUT2D eigenvalue weighted by Crippen LogP contribution is 2.55. The van der Waals surface area contributed by atoms with Gasteiger partial charge in [-0.15, -0.1) is 0 Å². The zero-order valence-electron chi connectivity index (χ0n) is 16.0. The molecular weight excluding hydrogens is 376 g/mol. The SMILES string of the molecule is CC(CC(=O)N1C2CC3CC(C2)CC1(C(=O)O)C3)c1c[nH]c2cccc(Cl)c12. The number of halogens is 1. The van der Waals surface area contributed by atoms with Crippen molar-refractivity contribution in [2.75, 3.05) is 0 Å². The quantitative estimate of drug-likeness (QED) is 0.790. The summed E-state index contributed by atoms with van der Waals surface area (Å²) in [5.41, 5.74) is 0.991. The number of nitrogens with one attached hydrogen (secondary N) is 1. The molecule has 2 aromatic rings. The molecule has 4 fully saturated rings. The highest BCUT2D eigenvalue weighted by molar-refractivity contribution is 6.35. The van der Waals surface area contributed by atoms with Gasteiger partial charge in [0.25, 0.3) is 0 Å². The fraction of sp³-hybridized carbons (Fsp3) is 0.545. The third kappa shape index (κ3) is 2.52. The lowest BCUT2D eigenvalue weighted by molar-refractivity contribution is -0.186. The molecule has 6 rings (SSSR count). The summed E-state index contributed by atoms with van der Waals surface area (Å²) >= 11 is 6.40. The van der Waals surface area contributed by atoms with Gasteiger partial charge >= 0.3 is 5.97 Å². The van der Waals surface area contributed by atoms with E-state index in [1.165, 1.54) is 0 Å². The Labute approximate surface area is 169 Å². The zero-order valence-corrected chi connectivity index (χ0v) is 16.7. The van der Waals surface area contributed by atoms with Crippen molar-refractivity contribution in [3.05, 3.63) is 35.0 Å². The minimum atomic E-state index is -0.983.